The molecule has 0 atom stereocenters. The van der Waals surface area contributed by atoms with Crippen LogP contribution in [0.4, 0.5) is 0 Å². The molecule has 0 amide bonds. The Morgan fingerprint density at radius 2 is 2.13 bits per heavy atom. The number of rotatable bonds is 4. The standard InChI is InChI=1S/C11H13O3.Os/c1-4-14-9-5-6-10(8(2)12)11(7-9)13-3;/h5-7H,1,4H2,2-3H3;/q-1;+1. The van der Waals surface area contributed by atoms with Crippen molar-refractivity contribution >= 4 is 5.78 Å². The summed E-state index contributed by atoms with van der Waals surface area (Å²) in [6.07, 6.45) is 0. The van der Waals surface area contributed by atoms with Crippen LogP contribution in [0.5, 0.6) is 11.5 Å². The third-order valence-corrected chi connectivity index (χ3v) is 1.82. The summed E-state index contributed by atoms with van der Waals surface area (Å²) in [6.45, 7) is 5.41. The first-order valence-corrected chi connectivity index (χ1v) is 4.30. The predicted octanol–water partition coefficient (Wildman–Crippen LogP) is 2.11. The number of benzene rings is 1. The molecule has 0 saturated carbocycles. The summed E-state index contributed by atoms with van der Waals surface area (Å²) in [4.78, 5) is 11.2. The van der Waals surface area contributed by atoms with Crippen LogP contribution >= 0.6 is 0 Å². The van der Waals surface area contributed by atoms with E-state index >= 15 is 0 Å². The van der Waals surface area contributed by atoms with Crippen LogP contribution in [0, 0.1) is 6.92 Å². The van der Waals surface area contributed by atoms with Crippen LogP contribution in [0.2, 0.25) is 0 Å². The zero-order valence-electron chi connectivity index (χ0n) is 8.72. The third kappa shape index (κ3) is 3.64. The molecule has 15 heavy (non-hydrogen) atoms. The van der Waals surface area contributed by atoms with E-state index < -0.39 is 0 Å². The van der Waals surface area contributed by atoms with Gasteiger partial charge in [-0.05, 0) is 25.7 Å². The summed E-state index contributed by atoms with van der Waals surface area (Å²) in [5.74, 6) is 1.16. The Morgan fingerprint density at radius 3 is 2.60 bits per heavy atom. The smallest absolute Gasteiger partial charge is 0.525 e. The SMILES string of the molecule is [CH2-]COc1ccc(C(C)=O)c(OC)c1.[Os+]. The second-order valence-corrected chi connectivity index (χ2v) is 2.77. The van der Waals surface area contributed by atoms with Gasteiger partial charge in [0, 0.05) is 6.07 Å². The van der Waals surface area contributed by atoms with Crippen molar-refractivity contribution in [3.63, 3.8) is 0 Å². The molecular formula is C11H13O3Os. The van der Waals surface area contributed by atoms with Crippen molar-refractivity contribution in [3.05, 3.63) is 30.7 Å². The number of methoxy groups -OCH3 is 1. The minimum absolute atomic E-state index is 0. The van der Waals surface area contributed by atoms with E-state index in [9.17, 15) is 4.79 Å². The molecule has 0 fully saturated rings. The minimum atomic E-state index is -0.0250. The molecule has 1 radical (unpaired) electrons. The van der Waals surface area contributed by atoms with Gasteiger partial charge in [-0.2, -0.15) is 0 Å². The van der Waals surface area contributed by atoms with Gasteiger partial charge in [-0.3, -0.25) is 4.79 Å². The van der Waals surface area contributed by atoms with Crippen LogP contribution in [0.3, 0.4) is 0 Å². The average molecular weight is 383 g/mol. The van der Waals surface area contributed by atoms with Crippen LogP contribution in [-0.2, 0) is 19.8 Å². The molecule has 0 spiro atoms. The molecule has 83 valence electrons. The first kappa shape index (κ1) is 14.1. The molecular weight excluding hydrogens is 370 g/mol. The first-order chi connectivity index (χ1) is 6.69. The molecule has 0 aliphatic heterocycles. The van der Waals surface area contributed by atoms with Gasteiger partial charge in [-0.25, -0.2) is 0 Å². The Hall–Kier alpha value is -0.874. The van der Waals surface area contributed by atoms with Gasteiger partial charge >= 0.3 is 19.8 Å². The molecule has 1 aromatic rings. The molecule has 0 heterocycles. The van der Waals surface area contributed by atoms with Crippen LogP contribution in [-0.4, -0.2) is 19.5 Å². The number of ether oxygens (including phenoxy) is 2. The molecule has 4 heteroatoms. The van der Waals surface area contributed by atoms with E-state index in [0.717, 1.165) is 0 Å². The second kappa shape index (κ2) is 6.58. The predicted molar refractivity (Wildman–Crippen MR) is 53.9 cm³/mol. The van der Waals surface area contributed by atoms with E-state index in [0.29, 0.717) is 23.7 Å². The quantitative estimate of drug-likeness (QED) is 0.590. The normalized spacial score (nSPS) is 9.00. The Morgan fingerprint density at radius 1 is 1.47 bits per heavy atom. The molecule has 0 aliphatic carbocycles. The molecule has 0 aliphatic rings. The van der Waals surface area contributed by atoms with E-state index in [-0.39, 0.29) is 25.6 Å². The van der Waals surface area contributed by atoms with Gasteiger partial charge in [0.1, 0.15) is 11.5 Å². The van der Waals surface area contributed by atoms with Crippen LogP contribution in [0.1, 0.15) is 17.3 Å². The number of Topliss-reactive ketones (excluding diaryl/α,β-unsaturated/α-hetero) is 1. The maximum atomic E-state index is 11.2. The van der Waals surface area contributed by atoms with Crippen molar-refractivity contribution in [2.45, 2.75) is 6.92 Å². The summed E-state index contributed by atoms with van der Waals surface area (Å²) in [5.41, 5.74) is 0.559. The second-order valence-electron chi connectivity index (χ2n) is 2.77. The van der Waals surface area contributed by atoms with Crippen molar-refractivity contribution in [2.75, 3.05) is 13.7 Å². The van der Waals surface area contributed by atoms with E-state index in [1.165, 1.54) is 14.0 Å². The van der Waals surface area contributed by atoms with E-state index in [4.69, 9.17) is 9.47 Å². The monoisotopic (exact) mass is 385 g/mol. The summed E-state index contributed by atoms with van der Waals surface area (Å²) in [5, 5.41) is 0. The Bertz CT molecular complexity index is 337. The van der Waals surface area contributed by atoms with Crippen molar-refractivity contribution in [3.8, 4) is 11.5 Å². The molecule has 1 rings (SSSR count). The fourth-order valence-electron chi connectivity index (χ4n) is 1.17. The third-order valence-electron chi connectivity index (χ3n) is 1.82. The zero-order chi connectivity index (χ0) is 10.6. The Balaban J connectivity index is 0.00000196. The molecule has 0 unspecified atom stereocenters. The van der Waals surface area contributed by atoms with Crippen molar-refractivity contribution in [1.82, 2.24) is 0 Å². The molecule has 0 bridgehead atoms. The van der Waals surface area contributed by atoms with Gasteiger partial charge < -0.3 is 16.4 Å². The van der Waals surface area contributed by atoms with Gasteiger partial charge in [-0.15, -0.1) is 0 Å². The zero-order valence-corrected chi connectivity index (χ0v) is 11.3. The van der Waals surface area contributed by atoms with E-state index in [1.54, 1.807) is 18.2 Å². The largest absolute Gasteiger partial charge is 1.00 e. The summed E-state index contributed by atoms with van der Waals surface area (Å²) >= 11 is 0. The topological polar surface area (TPSA) is 35.5 Å². The van der Waals surface area contributed by atoms with Crippen molar-refractivity contribution in [1.29, 1.82) is 0 Å². The van der Waals surface area contributed by atoms with Crippen LogP contribution in [0.15, 0.2) is 18.2 Å². The number of carbonyl (C=O) groups is 1. The molecule has 0 saturated heterocycles. The van der Waals surface area contributed by atoms with Gasteiger partial charge in [0.2, 0.25) is 0 Å². The molecule has 0 aromatic heterocycles. The summed E-state index contributed by atoms with van der Waals surface area (Å²) < 4.78 is 10.3. The van der Waals surface area contributed by atoms with Gasteiger partial charge in [0.15, 0.2) is 5.78 Å². The molecule has 3 nitrogen and oxygen atoms in total. The molecule has 1 aromatic carbocycles. The number of hydrogen-bond acceptors (Lipinski definition) is 3. The first-order valence-electron chi connectivity index (χ1n) is 4.30. The minimum Gasteiger partial charge on any atom is -0.525 e. The molecule has 0 N–H and O–H groups in total. The van der Waals surface area contributed by atoms with Crippen molar-refractivity contribution < 1.29 is 34.1 Å². The summed E-state index contributed by atoms with van der Waals surface area (Å²) in [7, 11) is 1.52. The number of carbonyl (C=O) groups excluding carboxylic acids is 1. The maximum Gasteiger partial charge on any atom is 1.00 e. The summed E-state index contributed by atoms with van der Waals surface area (Å²) in [6, 6.07) is 5.10. The number of hydrogen-bond donors (Lipinski definition) is 0. The van der Waals surface area contributed by atoms with Crippen LogP contribution < -0.4 is 9.47 Å². The van der Waals surface area contributed by atoms with E-state index in [1.807, 2.05) is 0 Å². The van der Waals surface area contributed by atoms with E-state index in [2.05, 4.69) is 6.92 Å². The van der Waals surface area contributed by atoms with Crippen molar-refractivity contribution in [2.24, 2.45) is 0 Å². The van der Waals surface area contributed by atoms with Gasteiger partial charge in [0.25, 0.3) is 0 Å². The van der Waals surface area contributed by atoms with Crippen LogP contribution in [0.25, 0.3) is 0 Å². The van der Waals surface area contributed by atoms with Gasteiger partial charge in [-0.1, -0.05) is 0 Å². The van der Waals surface area contributed by atoms with Gasteiger partial charge in [0.05, 0.1) is 12.7 Å². The average Bonchev–Trinajstić information content (AvgIpc) is 2.17. The fraction of sp³-hybridized carbons (Fsp3) is 0.273. The maximum absolute atomic E-state index is 11.2. The Kier molecular flexibility index (Phi) is 6.20. The number of ketones is 1. The Labute approximate surface area is 103 Å². The fourth-order valence-corrected chi connectivity index (χ4v) is 1.17.